The average Bonchev–Trinajstić information content (AvgIpc) is 3.12. The number of hydrogen-bond acceptors (Lipinski definition) is 5. The molecule has 0 aliphatic heterocycles. The van der Waals surface area contributed by atoms with E-state index in [1.807, 2.05) is 13.8 Å². The minimum Gasteiger partial charge on any atom is -0.384 e. The summed E-state index contributed by atoms with van der Waals surface area (Å²) >= 11 is 0. The standard InChI is InChI=1S/C19H20N4O3S/c1-13-10-18(20)22-14(2)17(13)11-21-19(24)15-8-9-23(12-15)27(25,26)16-6-4-3-5-7-16/h3-10,12H,11H2,1-2H3,(H2,20,22)(H,21,24). The van der Waals surface area contributed by atoms with Crippen LogP contribution in [-0.2, 0) is 16.6 Å². The topological polar surface area (TPSA) is 107 Å². The molecule has 0 unspecified atom stereocenters. The van der Waals surface area contributed by atoms with Gasteiger partial charge in [-0.3, -0.25) is 4.79 Å². The minimum absolute atomic E-state index is 0.159. The van der Waals surface area contributed by atoms with E-state index in [-0.39, 0.29) is 22.9 Å². The van der Waals surface area contributed by atoms with E-state index in [0.717, 1.165) is 20.8 Å². The van der Waals surface area contributed by atoms with Gasteiger partial charge in [0.05, 0.1) is 10.5 Å². The molecule has 0 fully saturated rings. The molecule has 0 radical (unpaired) electrons. The van der Waals surface area contributed by atoms with Crippen LogP contribution in [0.3, 0.4) is 0 Å². The second-order valence-corrected chi connectivity index (χ2v) is 8.00. The Bertz CT molecular complexity index is 1070. The number of benzene rings is 1. The highest BCUT2D eigenvalue weighted by atomic mass is 32.2. The monoisotopic (exact) mass is 384 g/mol. The van der Waals surface area contributed by atoms with E-state index < -0.39 is 10.0 Å². The first-order valence-corrected chi connectivity index (χ1v) is 9.72. The molecule has 8 heteroatoms. The van der Waals surface area contributed by atoms with Crippen molar-refractivity contribution in [3.63, 3.8) is 0 Å². The van der Waals surface area contributed by atoms with Crippen LogP contribution in [-0.4, -0.2) is 23.3 Å². The van der Waals surface area contributed by atoms with Gasteiger partial charge in [-0.05, 0) is 49.2 Å². The van der Waals surface area contributed by atoms with E-state index in [2.05, 4.69) is 10.3 Å². The normalized spacial score (nSPS) is 11.3. The number of pyridine rings is 1. The summed E-state index contributed by atoms with van der Waals surface area (Å²) in [7, 11) is -3.72. The lowest BCUT2D eigenvalue weighted by atomic mass is 10.1. The number of nitrogens with two attached hydrogens (primary N) is 1. The van der Waals surface area contributed by atoms with Gasteiger partial charge in [0.25, 0.3) is 15.9 Å². The van der Waals surface area contributed by atoms with Crippen molar-refractivity contribution in [3.8, 4) is 0 Å². The molecule has 3 aromatic rings. The van der Waals surface area contributed by atoms with Gasteiger partial charge in [-0.2, -0.15) is 0 Å². The molecule has 0 atom stereocenters. The Morgan fingerprint density at radius 3 is 2.56 bits per heavy atom. The van der Waals surface area contributed by atoms with E-state index in [4.69, 9.17) is 5.73 Å². The number of hydrogen-bond donors (Lipinski definition) is 2. The minimum atomic E-state index is -3.72. The summed E-state index contributed by atoms with van der Waals surface area (Å²) in [5, 5.41) is 2.79. The predicted molar refractivity (Wildman–Crippen MR) is 103 cm³/mol. The van der Waals surface area contributed by atoms with Crippen molar-refractivity contribution in [1.29, 1.82) is 0 Å². The lowest BCUT2D eigenvalue weighted by molar-refractivity contribution is 0.0951. The number of carbonyl (C=O) groups excluding carboxylic acids is 1. The van der Waals surface area contributed by atoms with Crippen molar-refractivity contribution >= 4 is 21.7 Å². The molecule has 1 amide bonds. The van der Waals surface area contributed by atoms with Crippen LogP contribution < -0.4 is 11.1 Å². The molecule has 3 rings (SSSR count). The molecule has 0 saturated heterocycles. The van der Waals surface area contributed by atoms with Crippen LogP contribution in [0.25, 0.3) is 0 Å². The highest BCUT2D eigenvalue weighted by Crippen LogP contribution is 2.16. The second-order valence-electron chi connectivity index (χ2n) is 6.16. The number of carbonyl (C=O) groups is 1. The van der Waals surface area contributed by atoms with Crippen molar-refractivity contribution in [1.82, 2.24) is 14.3 Å². The number of rotatable bonds is 5. The Morgan fingerprint density at radius 1 is 1.19 bits per heavy atom. The fraction of sp³-hybridized carbons (Fsp3) is 0.158. The smallest absolute Gasteiger partial charge is 0.267 e. The third-order valence-corrected chi connectivity index (χ3v) is 5.90. The average molecular weight is 384 g/mol. The van der Waals surface area contributed by atoms with Crippen molar-refractivity contribution in [2.45, 2.75) is 25.3 Å². The summed E-state index contributed by atoms with van der Waals surface area (Å²) < 4.78 is 26.2. The molecule has 0 bridgehead atoms. The number of amides is 1. The highest BCUT2D eigenvalue weighted by molar-refractivity contribution is 7.90. The van der Waals surface area contributed by atoms with Crippen molar-refractivity contribution < 1.29 is 13.2 Å². The highest BCUT2D eigenvalue weighted by Gasteiger charge is 2.18. The van der Waals surface area contributed by atoms with Crippen molar-refractivity contribution in [2.24, 2.45) is 0 Å². The van der Waals surface area contributed by atoms with E-state index in [1.54, 1.807) is 24.3 Å². The van der Waals surface area contributed by atoms with Gasteiger partial charge in [0.1, 0.15) is 5.82 Å². The molecular weight excluding hydrogens is 364 g/mol. The Hall–Kier alpha value is -3.13. The molecule has 140 valence electrons. The van der Waals surface area contributed by atoms with E-state index in [9.17, 15) is 13.2 Å². The fourth-order valence-electron chi connectivity index (χ4n) is 2.80. The zero-order valence-electron chi connectivity index (χ0n) is 15.0. The molecule has 2 heterocycles. The number of nitrogens with one attached hydrogen (secondary N) is 1. The number of nitrogen functional groups attached to an aromatic ring is 1. The number of nitrogens with zero attached hydrogens (tertiary/aromatic N) is 2. The van der Waals surface area contributed by atoms with Crippen molar-refractivity contribution in [3.05, 3.63) is 77.2 Å². The Labute approximate surface area is 157 Å². The summed E-state index contributed by atoms with van der Waals surface area (Å²) in [6, 6.07) is 11.3. The van der Waals surface area contributed by atoms with Gasteiger partial charge in [-0.25, -0.2) is 17.4 Å². The predicted octanol–water partition coefficient (Wildman–Crippen LogP) is 2.25. The van der Waals surface area contributed by atoms with E-state index in [0.29, 0.717) is 5.82 Å². The number of anilines is 1. The van der Waals surface area contributed by atoms with Crippen LogP contribution in [0.4, 0.5) is 5.82 Å². The maximum absolute atomic E-state index is 12.6. The summed E-state index contributed by atoms with van der Waals surface area (Å²) in [5.41, 5.74) is 8.53. The van der Waals surface area contributed by atoms with Crippen LogP contribution >= 0.6 is 0 Å². The Balaban J connectivity index is 1.76. The molecule has 0 aliphatic carbocycles. The molecule has 0 spiro atoms. The zero-order chi connectivity index (χ0) is 19.6. The molecule has 0 saturated carbocycles. The van der Waals surface area contributed by atoms with Crippen molar-refractivity contribution in [2.75, 3.05) is 5.73 Å². The van der Waals surface area contributed by atoms with Gasteiger partial charge in [0.2, 0.25) is 0 Å². The first-order valence-electron chi connectivity index (χ1n) is 8.28. The first kappa shape index (κ1) is 18.7. The third-order valence-electron chi connectivity index (χ3n) is 4.25. The number of aromatic nitrogens is 2. The zero-order valence-corrected chi connectivity index (χ0v) is 15.8. The van der Waals surface area contributed by atoms with Gasteiger partial charge in [0.15, 0.2) is 0 Å². The lowest BCUT2D eigenvalue weighted by Crippen LogP contribution is -2.24. The third kappa shape index (κ3) is 3.85. The van der Waals surface area contributed by atoms with Crippen LogP contribution in [0.2, 0.25) is 0 Å². The van der Waals surface area contributed by atoms with Crippen LogP contribution in [0.15, 0.2) is 59.8 Å². The number of aryl methyl sites for hydroxylation is 2. The lowest BCUT2D eigenvalue weighted by Gasteiger charge is -2.11. The molecule has 1 aromatic carbocycles. The van der Waals surface area contributed by atoms with Crippen LogP contribution in [0, 0.1) is 13.8 Å². The fourth-order valence-corrected chi connectivity index (χ4v) is 4.02. The van der Waals surface area contributed by atoms with E-state index >= 15 is 0 Å². The summed E-state index contributed by atoms with van der Waals surface area (Å²) in [5.74, 6) is 0.0657. The molecular formula is C19H20N4O3S. The Kier molecular flexibility index (Phi) is 5.00. The van der Waals surface area contributed by atoms with E-state index in [1.165, 1.54) is 30.6 Å². The largest absolute Gasteiger partial charge is 0.384 e. The van der Waals surface area contributed by atoms with Gasteiger partial charge in [-0.15, -0.1) is 0 Å². The van der Waals surface area contributed by atoms with Gasteiger partial charge in [0, 0.05) is 24.6 Å². The van der Waals surface area contributed by atoms with Gasteiger partial charge >= 0.3 is 0 Å². The SMILES string of the molecule is Cc1cc(N)nc(C)c1CNC(=O)c1ccn(S(=O)(=O)c2ccccc2)c1. The van der Waals surface area contributed by atoms with Gasteiger partial charge in [-0.1, -0.05) is 18.2 Å². The molecule has 3 N–H and O–H groups in total. The molecule has 2 aromatic heterocycles. The van der Waals surface area contributed by atoms with Gasteiger partial charge < -0.3 is 11.1 Å². The molecule has 27 heavy (non-hydrogen) atoms. The maximum atomic E-state index is 12.6. The molecule has 7 nitrogen and oxygen atoms in total. The Morgan fingerprint density at radius 2 is 1.89 bits per heavy atom. The maximum Gasteiger partial charge on any atom is 0.267 e. The van der Waals surface area contributed by atoms with Crippen LogP contribution in [0.1, 0.15) is 27.2 Å². The summed E-state index contributed by atoms with van der Waals surface area (Å²) in [4.78, 5) is 16.8. The quantitative estimate of drug-likeness (QED) is 0.702. The van der Waals surface area contributed by atoms with Crippen LogP contribution in [0.5, 0.6) is 0 Å². The first-order chi connectivity index (χ1) is 12.8. The summed E-state index contributed by atoms with van der Waals surface area (Å²) in [6.07, 6.45) is 2.66. The summed E-state index contributed by atoms with van der Waals surface area (Å²) in [6.45, 7) is 4.00. The molecule has 0 aliphatic rings. The second kappa shape index (κ2) is 7.24.